The van der Waals surface area contributed by atoms with E-state index in [-0.39, 0.29) is 5.91 Å². The van der Waals surface area contributed by atoms with Crippen molar-refractivity contribution >= 4 is 40.6 Å². The van der Waals surface area contributed by atoms with Crippen molar-refractivity contribution in [2.24, 2.45) is 0 Å². The summed E-state index contributed by atoms with van der Waals surface area (Å²) in [6.07, 6.45) is 6.00. The number of anilines is 5. The van der Waals surface area contributed by atoms with Gasteiger partial charge in [-0.25, -0.2) is 19.5 Å². The van der Waals surface area contributed by atoms with Gasteiger partial charge in [0.15, 0.2) is 11.5 Å². The first-order valence-corrected chi connectivity index (χ1v) is 10.7. The average Bonchev–Trinajstić information content (AvgIpc) is 3.30. The van der Waals surface area contributed by atoms with Gasteiger partial charge in [0.2, 0.25) is 17.8 Å². The Morgan fingerprint density at radius 1 is 1.21 bits per heavy atom. The van der Waals surface area contributed by atoms with E-state index < -0.39 is 5.41 Å². The molecule has 1 amide bonds. The third-order valence-corrected chi connectivity index (χ3v) is 6.25. The zero-order chi connectivity index (χ0) is 22.7. The largest absolute Gasteiger partial charge is 0.368 e. The lowest BCUT2D eigenvalue weighted by Gasteiger charge is -2.28. The molecule has 2 aliphatic heterocycles. The second-order valence-electron chi connectivity index (χ2n) is 8.79. The van der Waals surface area contributed by atoms with Crippen LogP contribution >= 0.6 is 0 Å². The lowest BCUT2D eigenvalue weighted by Crippen LogP contribution is -2.32. The van der Waals surface area contributed by atoms with Crippen LogP contribution in [0.5, 0.6) is 0 Å². The number of nitrogens with one attached hydrogen (secondary N) is 2. The highest BCUT2D eigenvalue weighted by Gasteiger charge is 2.38. The van der Waals surface area contributed by atoms with Crippen LogP contribution in [0, 0.1) is 0 Å². The summed E-state index contributed by atoms with van der Waals surface area (Å²) in [7, 11) is 0. The number of nitrogen functional groups attached to an aromatic ring is 1. The molecule has 6 rings (SSSR count). The fourth-order valence-electron chi connectivity index (χ4n) is 4.39. The van der Waals surface area contributed by atoms with Crippen molar-refractivity contribution < 1.29 is 4.79 Å². The second-order valence-corrected chi connectivity index (χ2v) is 8.79. The van der Waals surface area contributed by atoms with Crippen molar-refractivity contribution in [1.29, 1.82) is 0 Å². The zero-order valence-electron chi connectivity index (χ0n) is 18.2. The molecule has 0 radical (unpaired) electrons. The van der Waals surface area contributed by atoms with E-state index in [0.29, 0.717) is 24.1 Å². The van der Waals surface area contributed by atoms with E-state index in [0.717, 1.165) is 47.0 Å². The Morgan fingerprint density at radius 3 is 2.97 bits per heavy atom. The molecule has 3 aromatic heterocycles. The topological polar surface area (TPSA) is 139 Å². The van der Waals surface area contributed by atoms with Gasteiger partial charge in [0, 0.05) is 55.0 Å². The standard InChI is InChI=1S/C22H22N10O/c1-22(2)14-4-3-13(9-16(14)27-19(22)33)26-21-29-18-17(24-6-8-32(18)30-21)31-7-5-15-12(11-31)10-25-20(23)28-15/h3-4,6,8-10H,5,7,11H2,1-2H3,(H,26,30)(H,27,33)(H2,23,25,28). The first-order chi connectivity index (χ1) is 15.9. The summed E-state index contributed by atoms with van der Waals surface area (Å²) >= 11 is 0. The van der Waals surface area contributed by atoms with Gasteiger partial charge in [0.05, 0.1) is 11.1 Å². The van der Waals surface area contributed by atoms with E-state index in [9.17, 15) is 4.79 Å². The van der Waals surface area contributed by atoms with Crippen LogP contribution in [0.4, 0.5) is 29.1 Å². The summed E-state index contributed by atoms with van der Waals surface area (Å²) in [5.41, 5.74) is 10.4. The molecule has 0 fully saturated rings. The van der Waals surface area contributed by atoms with Gasteiger partial charge in [-0.3, -0.25) is 4.79 Å². The Kier molecular flexibility index (Phi) is 4.03. The Labute approximate surface area is 189 Å². The molecule has 11 heteroatoms. The number of nitrogens with zero attached hydrogens (tertiary/aromatic N) is 7. The van der Waals surface area contributed by atoms with E-state index in [2.05, 4.69) is 40.6 Å². The Balaban J connectivity index is 1.29. The number of benzene rings is 1. The van der Waals surface area contributed by atoms with Crippen LogP contribution in [0.2, 0.25) is 0 Å². The minimum atomic E-state index is -0.542. The van der Waals surface area contributed by atoms with Gasteiger partial charge in [-0.15, -0.1) is 5.10 Å². The molecular weight excluding hydrogens is 420 g/mol. The molecule has 0 atom stereocenters. The van der Waals surface area contributed by atoms with Crippen LogP contribution < -0.4 is 21.3 Å². The van der Waals surface area contributed by atoms with Crippen LogP contribution in [0.1, 0.15) is 30.7 Å². The summed E-state index contributed by atoms with van der Waals surface area (Å²) < 4.78 is 1.71. The van der Waals surface area contributed by atoms with E-state index in [1.807, 2.05) is 32.0 Å². The fraction of sp³-hybridized carbons (Fsp3) is 0.273. The summed E-state index contributed by atoms with van der Waals surface area (Å²) in [5.74, 6) is 1.47. The van der Waals surface area contributed by atoms with Crippen molar-refractivity contribution in [3.05, 3.63) is 53.6 Å². The molecule has 0 saturated heterocycles. The van der Waals surface area contributed by atoms with Gasteiger partial charge in [-0.05, 0) is 31.5 Å². The summed E-state index contributed by atoms with van der Waals surface area (Å²) in [4.78, 5) is 32.1. The van der Waals surface area contributed by atoms with Gasteiger partial charge in [-0.2, -0.15) is 4.98 Å². The van der Waals surface area contributed by atoms with Crippen molar-refractivity contribution in [3.8, 4) is 0 Å². The SMILES string of the molecule is CC1(C)C(=O)Nc2cc(Nc3nc4c(N5CCc6nc(N)ncc6C5)nccn4n3)ccc21. The molecular formula is C22H22N10O. The number of amides is 1. The van der Waals surface area contributed by atoms with Gasteiger partial charge in [-0.1, -0.05) is 6.07 Å². The number of rotatable bonds is 3. The maximum absolute atomic E-state index is 12.2. The molecule has 0 aliphatic carbocycles. The number of aromatic nitrogens is 6. The Morgan fingerprint density at radius 2 is 2.09 bits per heavy atom. The highest BCUT2D eigenvalue weighted by Crippen LogP contribution is 2.39. The Hall–Kier alpha value is -4.28. The first-order valence-electron chi connectivity index (χ1n) is 10.7. The summed E-state index contributed by atoms with van der Waals surface area (Å²) in [6, 6.07) is 5.79. The summed E-state index contributed by atoms with van der Waals surface area (Å²) in [6.45, 7) is 5.20. The maximum atomic E-state index is 12.2. The average molecular weight is 442 g/mol. The predicted molar refractivity (Wildman–Crippen MR) is 123 cm³/mol. The molecule has 4 aromatic rings. The molecule has 2 aliphatic rings. The van der Waals surface area contributed by atoms with Gasteiger partial charge < -0.3 is 21.3 Å². The second kappa shape index (κ2) is 6.86. The molecule has 11 nitrogen and oxygen atoms in total. The zero-order valence-corrected chi connectivity index (χ0v) is 18.2. The number of hydrogen-bond donors (Lipinski definition) is 3. The molecule has 0 spiro atoms. The molecule has 166 valence electrons. The van der Waals surface area contributed by atoms with Crippen LogP contribution in [0.25, 0.3) is 5.65 Å². The molecule has 1 aromatic carbocycles. The van der Waals surface area contributed by atoms with Crippen LogP contribution in [-0.4, -0.2) is 42.0 Å². The lowest BCUT2D eigenvalue weighted by atomic mass is 9.86. The highest BCUT2D eigenvalue weighted by atomic mass is 16.2. The van der Waals surface area contributed by atoms with Crippen molar-refractivity contribution in [3.63, 3.8) is 0 Å². The highest BCUT2D eigenvalue weighted by molar-refractivity contribution is 6.06. The van der Waals surface area contributed by atoms with Crippen molar-refractivity contribution in [1.82, 2.24) is 29.5 Å². The third-order valence-electron chi connectivity index (χ3n) is 6.25. The van der Waals surface area contributed by atoms with Crippen molar-refractivity contribution in [2.45, 2.75) is 32.2 Å². The smallest absolute Gasteiger partial charge is 0.247 e. The Bertz CT molecular complexity index is 1430. The normalized spacial score (nSPS) is 16.4. The van der Waals surface area contributed by atoms with Gasteiger partial charge >= 0.3 is 0 Å². The molecule has 0 saturated carbocycles. The number of carbonyl (C=O) groups is 1. The molecule has 5 heterocycles. The van der Waals surface area contributed by atoms with Gasteiger partial charge in [0.1, 0.15) is 0 Å². The maximum Gasteiger partial charge on any atom is 0.247 e. The van der Waals surface area contributed by atoms with E-state index in [4.69, 9.17) is 5.73 Å². The van der Waals surface area contributed by atoms with Crippen molar-refractivity contribution in [2.75, 3.05) is 27.8 Å². The molecule has 0 bridgehead atoms. The van der Waals surface area contributed by atoms with Crippen LogP contribution in [0.15, 0.2) is 36.8 Å². The minimum absolute atomic E-state index is 0.00703. The monoisotopic (exact) mass is 442 g/mol. The predicted octanol–water partition coefficient (Wildman–Crippen LogP) is 2.03. The fourth-order valence-corrected chi connectivity index (χ4v) is 4.39. The molecule has 33 heavy (non-hydrogen) atoms. The minimum Gasteiger partial charge on any atom is -0.368 e. The number of carbonyl (C=O) groups excluding carboxylic acids is 1. The number of fused-ring (bicyclic) bond motifs is 3. The van der Waals surface area contributed by atoms with E-state index >= 15 is 0 Å². The van der Waals surface area contributed by atoms with Crippen LogP contribution in [0.3, 0.4) is 0 Å². The number of hydrogen-bond acceptors (Lipinski definition) is 9. The molecule has 0 unspecified atom stereocenters. The van der Waals surface area contributed by atoms with Crippen LogP contribution in [-0.2, 0) is 23.2 Å². The van der Waals surface area contributed by atoms with E-state index in [1.54, 1.807) is 23.1 Å². The first kappa shape index (κ1) is 19.4. The number of nitrogens with two attached hydrogens (primary N) is 1. The van der Waals surface area contributed by atoms with E-state index in [1.165, 1.54) is 0 Å². The lowest BCUT2D eigenvalue weighted by molar-refractivity contribution is -0.119. The third kappa shape index (κ3) is 3.12. The summed E-state index contributed by atoms with van der Waals surface area (Å²) in [5, 5.41) is 10.7. The molecule has 4 N–H and O–H groups in total. The van der Waals surface area contributed by atoms with Gasteiger partial charge in [0.25, 0.3) is 0 Å². The quantitative estimate of drug-likeness (QED) is 0.435.